The minimum Gasteiger partial charge on any atom is -0.488 e. The van der Waals surface area contributed by atoms with Crippen molar-refractivity contribution >= 4 is 5.97 Å². The van der Waals surface area contributed by atoms with Gasteiger partial charge in [0.05, 0.1) is 5.57 Å². The van der Waals surface area contributed by atoms with E-state index >= 15 is 0 Å². The van der Waals surface area contributed by atoms with Crippen molar-refractivity contribution in [2.45, 2.75) is 6.92 Å². The molecule has 0 bridgehead atoms. The fraction of sp³-hybridized carbons (Fsp3) is 0.182. The third-order valence-electron chi connectivity index (χ3n) is 1.85. The maximum Gasteiger partial charge on any atom is 0.335 e. The van der Waals surface area contributed by atoms with Gasteiger partial charge in [-0.25, -0.2) is 4.79 Å². The lowest BCUT2D eigenvalue weighted by atomic mass is 10.1. The number of carboxylic acid groups (broad SMARTS) is 1. The van der Waals surface area contributed by atoms with Gasteiger partial charge < -0.3 is 9.84 Å². The zero-order valence-electron chi connectivity index (χ0n) is 7.99. The van der Waals surface area contributed by atoms with Gasteiger partial charge in [-0.3, -0.25) is 0 Å². The summed E-state index contributed by atoms with van der Waals surface area (Å²) in [5.74, 6) is -0.283. The number of aliphatic carboxylic acids is 1. The summed E-state index contributed by atoms with van der Waals surface area (Å²) < 4.78 is 5.27. The van der Waals surface area contributed by atoms with Crippen molar-refractivity contribution in [3.8, 4) is 0 Å². The standard InChI is InChI=1S/C11H12O3/c1-3-5-10-8(4-2)6-9(7-14-10)11(12)13/h3-6H,1,7H2,2H3,(H,12,13)/b8-4-,10-5+. The Hall–Kier alpha value is -1.77. The highest BCUT2D eigenvalue weighted by atomic mass is 16.5. The van der Waals surface area contributed by atoms with Crippen LogP contribution in [0.4, 0.5) is 0 Å². The zero-order valence-corrected chi connectivity index (χ0v) is 7.99. The summed E-state index contributed by atoms with van der Waals surface area (Å²) in [5, 5.41) is 8.75. The van der Waals surface area contributed by atoms with Crippen LogP contribution in [-0.4, -0.2) is 17.7 Å². The fourth-order valence-electron chi connectivity index (χ4n) is 1.14. The SMILES string of the molecule is C=C/C=C1/OCC(C(=O)O)=C/C1=C/C. The molecule has 0 radical (unpaired) electrons. The molecule has 3 nitrogen and oxygen atoms in total. The van der Waals surface area contributed by atoms with Gasteiger partial charge >= 0.3 is 5.97 Å². The monoisotopic (exact) mass is 192 g/mol. The Morgan fingerprint density at radius 2 is 2.43 bits per heavy atom. The molecule has 1 aliphatic heterocycles. The first-order valence-corrected chi connectivity index (χ1v) is 4.25. The number of carbonyl (C=O) groups is 1. The molecule has 0 aliphatic carbocycles. The minimum atomic E-state index is -0.943. The van der Waals surface area contributed by atoms with E-state index in [1.165, 1.54) is 0 Å². The first-order chi connectivity index (χ1) is 6.69. The molecule has 0 aromatic heterocycles. The largest absolute Gasteiger partial charge is 0.488 e. The number of ether oxygens (including phenoxy) is 1. The van der Waals surface area contributed by atoms with Crippen LogP contribution in [0.25, 0.3) is 0 Å². The van der Waals surface area contributed by atoms with Gasteiger partial charge in [0, 0.05) is 5.57 Å². The molecule has 0 spiro atoms. The highest BCUT2D eigenvalue weighted by Gasteiger charge is 2.17. The highest BCUT2D eigenvalue weighted by molar-refractivity contribution is 5.88. The van der Waals surface area contributed by atoms with E-state index in [-0.39, 0.29) is 12.2 Å². The Balaban J connectivity index is 3.02. The summed E-state index contributed by atoms with van der Waals surface area (Å²) >= 11 is 0. The molecular weight excluding hydrogens is 180 g/mol. The molecular formula is C11H12O3. The lowest BCUT2D eigenvalue weighted by molar-refractivity contribution is -0.133. The van der Waals surface area contributed by atoms with E-state index in [0.29, 0.717) is 5.76 Å². The number of hydrogen-bond acceptors (Lipinski definition) is 2. The summed E-state index contributed by atoms with van der Waals surface area (Å²) in [6.45, 7) is 5.49. The Kier molecular flexibility index (Phi) is 3.29. The number of allylic oxidation sites excluding steroid dienone is 4. The fourth-order valence-corrected chi connectivity index (χ4v) is 1.14. The average Bonchev–Trinajstić information content (AvgIpc) is 2.18. The summed E-state index contributed by atoms with van der Waals surface area (Å²) in [6.07, 6.45) is 6.74. The molecule has 0 saturated heterocycles. The van der Waals surface area contributed by atoms with E-state index in [0.717, 1.165) is 5.57 Å². The Morgan fingerprint density at radius 3 is 2.93 bits per heavy atom. The van der Waals surface area contributed by atoms with Gasteiger partial charge in [0.15, 0.2) is 0 Å². The van der Waals surface area contributed by atoms with Crippen LogP contribution < -0.4 is 0 Å². The van der Waals surface area contributed by atoms with E-state index in [2.05, 4.69) is 6.58 Å². The highest BCUT2D eigenvalue weighted by Crippen LogP contribution is 2.21. The molecule has 0 aromatic rings. The van der Waals surface area contributed by atoms with E-state index in [4.69, 9.17) is 9.84 Å². The maximum absolute atomic E-state index is 10.7. The van der Waals surface area contributed by atoms with Crippen molar-refractivity contribution in [3.63, 3.8) is 0 Å². The molecule has 0 fully saturated rings. The summed E-state index contributed by atoms with van der Waals surface area (Å²) in [7, 11) is 0. The first kappa shape index (κ1) is 10.3. The van der Waals surface area contributed by atoms with E-state index in [1.54, 1.807) is 24.3 Å². The molecule has 1 N–H and O–H groups in total. The summed E-state index contributed by atoms with van der Waals surface area (Å²) in [5.41, 5.74) is 1.04. The van der Waals surface area contributed by atoms with Crippen LogP contribution >= 0.6 is 0 Å². The molecule has 14 heavy (non-hydrogen) atoms. The molecule has 1 heterocycles. The molecule has 0 amide bonds. The van der Waals surface area contributed by atoms with Crippen LogP contribution in [0.15, 0.2) is 47.8 Å². The lowest BCUT2D eigenvalue weighted by Gasteiger charge is -2.17. The molecule has 3 heteroatoms. The van der Waals surface area contributed by atoms with E-state index in [1.807, 2.05) is 6.92 Å². The Bertz CT molecular complexity index is 346. The maximum atomic E-state index is 10.7. The predicted octanol–water partition coefficient (Wildman–Crippen LogP) is 2.04. The van der Waals surface area contributed by atoms with Crippen LogP contribution in [0, 0.1) is 0 Å². The second-order valence-corrected chi connectivity index (χ2v) is 2.77. The topological polar surface area (TPSA) is 46.5 Å². The normalized spacial score (nSPS) is 21.6. The third-order valence-corrected chi connectivity index (χ3v) is 1.85. The van der Waals surface area contributed by atoms with Crippen molar-refractivity contribution in [2.75, 3.05) is 6.61 Å². The van der Waals surface area contributed by atoms with E-state index < -0.39 is 5.97 Å². The van der Waals surface area contributed by atoms with Crippen LogP contribution in [0.2, 0.25) is 0 Å². The van der Waals surface area contributed by atoms with E-state index in [9.17, 15) is 4.79 Å². The molecule has 1 aliphatic rings. The second-order valence-electron chi connectivity index (χ2n) is 2.77. The first-order valence-electron chi connectivity index (χ1n) is 4.25. The van der Waals surface area contributed by atoms with Gasteiger partial charge in [0.2, 0.25) is 0 Å². The quantitative estimate of drug-likeness (QED) is 0.728. The van der Waals surface area contributed by atoms with Crippen molar-refractivity contribution in [1.29, 1.82) is 0 Å². The number of rotatable bonds is 2. The van der Waals surface area contributed by atoms with Gasteiger partial charge in [-0.05, 0) is 19.1 Å². The van der Waals surface area contributed by atoms with Gasteiger partial charge in [-0.15, -0.1) is 0 Å². The van der Waals surface area contributed by atoms with Crippen molar-refractivity contribution in [1.82, 2.24) is 0 Å². The second kappa shape index (κ2) is 4.46. The van der Waals surface area contributed by atoms with Gasteiger partial charge in [0.25, 0.3) is 0 Å². The molecule has 74 valence electrons. The zero-order chi connectivity index (χ0) is 10.6. The third kappa shape index (κ3) is 2.13. The molecule has 0 atom stereocenters. The molecule has 0 unspecified atom stereocenters. The van der Waals surface area contributed by atoms with Crippen molar-refractivity contribution in [2.24, 2.45) is 0 Å². The number of carboxylic acids is 1. The van der Waals surface area contributed by atoms with Gasteiger partial charge in [-0.1, -0.05) is 18.7 Å². The van der Waals surface area contributed by atoms with Crippen LogP contribution in [0.5, 0.6) is 0 Å². The smallest absolute Gasteiger partial charge is 0.335 e. The van der Waals surface area contributed by atoms with Gasteiger partial charge in [-0.2, -0.15) is 0 Å². The minimum absolute atomic E-state index is 0.104. The summed E-state index contributed by atoms with van der Waals surface area (Å²) in [4.78, 5) is 10.7. The van der Waals surface area contributed by atoms with Crippen LogP contribution in [-0.2, 0) is 9.53 Å². The predicted molar refractivity (Wildman–Crippen MR) is 53.7 cm³/mol. The molecule has 0 aromatic carbocycles. The summed E-state index contributed by atoms with van der Waals surface area (Å²) in [6, 6.07) is 0. The average molecular weight is 192 g/mol. The van der Waals surface area contributed by atoms with Crippen molar-refractivity contribution < 1.29 is 14.6 Å². The Labute approximate surface area is 82.7 Å². The molecule has 1 rings (SSSR count). The van der Waals surface area contributed by atoms with Crippen LogP contribution in [0.1, 0.15) is 6.92 Å². The van der Waals surface area contributed by atoms with Crippen LogP contribution in [0.3, 0.4) is 0 Å². The lowest BCUT2D eigenvalue weighted by Crippen LogP contribution is -2.13. The number of hydrogen-bond donors (Lipinski definition) is 1. The Morgan fingerprint density at radius 1 is 1.71 bits per heavy atom. The van der Waals surface area contributed by atoms with Gasteiger partial charge in [0.1, 0.15) is 12.4 Å². The molecule has 0 saturated carbocycles. The van der Waals surface area contributed by atoms with Crippen molar-refractivity contribution in [3.05, 3.63) is 47.8 Å².